The van der Waals surface area contributed by atoms with Crippen molar-refractivity contribution in [3.8, 4) is 0 Å². The van der Waals surface area contributed by atoms with Crippen LogP contribution in [0.4, 0.5) is 0 Å². The standard InChI is InChI=1S/C10H15N4O14P3.Li/c15-6-4(1-25-30(21,22)28-31(23,24)27-29(18,19)20)26-10(7(6)16)14-3-13-5-8(14)11-2-12-9(5)17;/h2-4,6-7,10,15-16H,1H2,(H,21,22)(H,23,24)(H,11,12,17)(H2,18,19,20);. The number of nitrogens with one attached hydrogen (secondary N) is 1. The van der Waals surface area contributed by atoms with Crippen molar-refractivity contribution >= 4 is 53.5 Å². The summed E-state index contributed by atoms with van der Waals surface area (Å²) in [4.78, 5) is 57.2. The summed E-state index contributed by atoms with van der Waals surface area (Å²) in [5, 5.41) is 20.3. The van der Waals surface area contributed by atoms with Gasteiger partial charge >= 0.3 is 23.5 Å². The molecule has 3 rings (SSSR count). The first-order chi connectivity index (χ1) is 14.2. The summed E-state index contributed by atoms with van der Waals surface area (Å²) >= 11 is 0. The SMILES string of the molecule is O=c1[nH]cnc2c1ncn2C1OC(COP(=O)(O)OP(=O)(O)OP(=O)(O)O)C(O)C1O.[Li]. The van der Waals surface area contributed by atoms with Gasteiger partial charge in [-0.05, 0) is 0 Å². The van der Waals surface area contributed by atoms with Gasteiger partial charge in [0.15, 0.2) is 17.4 Å². The van der Waals surface area contributed by atoms with Crippen LogP contribution in [0.2, 0.25) is 0 Å². The Morgan fingerprint density at radius 2 is 1.72 bits per heavy atom. The minimum atomic E-state index is -5.72. The van der Waals surface area contributed by atoms with Crippen LogP contribution in [0.25, 0.3) is 11.2 Å². The number of hydrogen-bond donors (Lipinski definition) is 7. The maximum Gasteiger partial charge on any atom is 0.490 e. The number of aromatic nitrogens is 4. The summed E-state index contributed by atoms with van der Waals surface area (Å²) in [6, 6.07) is 0. The maximum atomic E-state index is 11.8. The molecular weight excluding hydrogens is 500 g/mol. The second kappa shape index (κ2) is 9.85. The van der Waals surface area contributed by atoms with Crippen LogP contribution in [0.15, 0.2) is 17.4 Å². The van der Waals surface area contributed by atoms with Crippen LogP contribution in [-0.2, 0) is 31.6 Å². The number of hydrogen-bond acceptors (Lipinski definition) is 12. The number of aliphatic hydroxyl groups is 2. The molecule has 2 aromatic heterocycles. The molecule has 0 amide bonds. The molecule has 1 aliphatic heterocycles. The zero-order chi connectivity index (χ0) is 23.2. The summed E-state index contributed by atoms with van der Waals surface area (Å²) in [7, 11) is -16.7. The van der Waals surface area contributed by atoms with Gasteiger partial charge in [0.25, 0.3) is 5.56 Å². The molecule has 3 heterocycles. The Hall–Kier alpha value is -0.763. The van der Waals surface area contributed by atoms with Crippen molar-refractivity contribution in [3.63, 3.8) is 0 Å². The van der Waals surface area contributed by atoms with Crippen molar-refractivity contribution < 1.29 is 61.4 Å². The Morgan fingerprint density at radius 3 is 2.34 bits per heavy atom. The Morgan fingerprint density at radius 1 is 1.06 bits per heavy atom. The molecule has 0 spiro atoms. The Balaban J connectivity index is 0.00000363. The monoisotopic (exact) mass is 515 g/mol. The van der Waals surface area contributed by atoms with E-state index >= 15 is 0 Å². The summed E-state index contributed by atoms with van der Waals surface area (Å²) in [5.74, 6) is 0. The number of phosphoric ester groups is 1. The van der Waals surface area contributed by atoms with Gasteiger partial charge in [0.05, 0.1) is 19.3 Å². The van der Waals surface area contributed by atoms with E-state index in [1.165, 1.54) is 0 Å². The smallest absolute Gasteiger partial charge is 0.387 e. The topological polar surface area (TPSA) is 273 Å². The first-order valence-corrected chi connectivity index (χ1v) is 12.4. The van der Waals surface area contributed by atoms with E-state index in [-0.39, 0.29) is 30.0 Å². The molecule has 32 heavy (non-hydrogen) atoms. The van der Waals surface area contributed by atoms with Gasteiger partial charge in [0, 0.05) is 18.9 Å². The quantitative estimate of drug-likeness (QED) is 0.144. The average molecular weight is 515 g/mol. The summed E-state index contributed by atoms with van der Waals surface area (Å²) in [5.41, 5.74) is -0.681. The zero-order valence-electron chi connectivity index (χ0n) is 15.8. The van der Waals surface area contributed by atoms with E-state index in [2.05, 4.69) is 28.1 Å². The third-order valence-corrected chi connectivity index (χ3v) is 7.60. The molecule has 7 N–H and O–H groups in total. The van der Waals surface area contributed by atoms with Crippen LogP contribution in [0.5, 0.6) is 0 Å². The van der Waals surface area contributed by atoms with E-state index in [0.29, 0.717) is 0 Å². The van der Waals surface area contributed by atoms with Gasteiger partial charge in [-0.15, -0.1) is 0 Å². The van der Waals surface area contributed by atoms with Crippen LogP contribution in [0.3, 0.4) is 0 Å². The normalized spacial score (nSPS) is 27.6. The first kappa shape index (κ1) is 27.5. The molecule has 1 radical (unpaired) electrons. The molecule has 6 atom stereocenters. The minimum Gasteiger partial charge on any atom is -0.387 e. The number of aliphatic hydroxyl groups excluding tert-OH is 2. The molecule has 0 saturated carbocycles. The number of imidazole rings is 1. The Labute approximate surface area is 188 Å². The molecule has 1 aliphatic rings. The Bertz CT molecular complexity index is 1170. The average Bonchev–Trinajstić information content (AvgIpc) is 3.13. The summed E-state index contributed by atoms with van der Waals surface area (Å²) in [6.07, 6.45) is -4.05. The Kier molecular flexibility index (Phi) is 8.46. The minimum absolute atomic E-state index is 0. The van der Waals surface area contributed by atoms with Gasteiger partial charge < -0.3 is 39.5 Å². The van der Waals surface area contributed by atoms with Crippen molar-refractivity contribution in [2.75, 3.05) is 6.61 Å². The third-order valence-electron chi connectivity index (χ3n) is 3.79. The van der Waals surface area contributed by atoms with Crippen LogP contribution in [0, 0.1) is 0 Å². The zero-order valence-corrected chi connectivity index (χ0v) is 18.5. The molecule has 0 aromatic carbocycles. The predicted molar refractivity (Wildman–Crippen MR) is 99.6 cm³/mol. The van der Waals surface area contributed by atoms with Gasteiger partial charge in [0.2, 0.25) is 0 Å². The predicted octanol–water partition coefficient (Wildman–Crippen LogP) is -2.30. The van der Waals surface area contributed by atoms with Crippen LogP contribution in [0.1, 0.15) is 6.23 Å². The van der Waals surface area contributed by atoms with E-state index in [1.807, 2.05) is 0 Å². The molecule has 0 bridgehead atoms. The van der Waals surface area contributed by atoms with Crippen LogP contribution >= 0.6 is 23.5 Å². The largest absolute Gasteiger partial charge is 0.490 e. The number of H-pyrrole nitrogens is 1. The number of aromatic amines is 1. The van der Waals surface area contributed by atoms with Crippen molar-refractivity contribution in [1.82, 2.24) is 19.5 Å². The van der Waals surface area contributed by atoms with E-state index in [0.717, 1.165) is 17.2 Å². The van der Waals surface area contributed by atoms with Crippen LogP contribution < -0.4 is 5.56 Å². The van der Waals surface area contributed by atoms with E-state index in [1.54, 1.807) is 0 Å². The van der Waals surface area contributed by atoms with Crippen molar-refractivity contribution in [2.24, 2.45) is 0 Å². The van der Waals surface area contributed by atoms with Crippen molar-refractivity contribution in [3.05, 3.63) is 23.0 Å². The van der Waals surface area contributed by atoms with Gasteiger partial charge in [-0.3, -0.25) is 13.9 Å². The third kappa shape index (κ3) is 6.42. The molecule has 1 fully saturated rings. The van der Waals surface area contributed by atoms with E-state index < -0.39 is 60.2 Å². The number of ether oxygens (including phenoxy) is 1. The first-order valence-electron chi connectivity index (χ1n) is 7.89. The molecule has 2 aromatic rings. The number of rotatable bonds is 8. The van der Waals surface area contributed by atoms with Crippen LogP contribution in [-0.4, -0.2) is 93.1 Å². The summed E-state index contributed by atoms with van der Waals surface area (Å²) < 4.78 is 51.6. The molecule has 175 valence electrons. The molecule has 1 saturated heterocycles. The van der Waals surface area contributed by atoms with Gasteiger partial charge in [-0.1, -0.05) is 0 Å². The molecular formula is C10H15LiN4O14P3. The number of nitrogens with zero attached hydrogens (tertiary/aromatic N) is 3. The van der Waals surface area contributed by atoms with E-state index in [9.17, 15) is 33.6 Å². The van der Waals surface area contributed by atoms with E-state index in [4.69, 9.17) is 19.4 Å². The second-order valence-corrected chi connectivity index (χ2v) is 10.4. The number of phosphoric acid groups is 3. The fourth-order valence-corrected chi connectivity index (χ4v) is 5.65. The maximum absolute atomic E-state index is 11.8. The molecule has 0 aliphatic carbocycles. The van der Waals surface area contributed by atoms with Crippen molar-refractivity contribution in [1.29, 1.82) is 0 Å². The van der Waals surface area contributed by atoms with Gasteiger partial charge in [-0.25, -0.2) is 23.7 Å². The fourth-order valence-electron chi connectivity index (χ4n) is 2.62. The molecule has 22 heteroatoms. The van der Waals surface area contributed by atoms with Gasteiger partial charge in [0.1, 0.15) is 18.3 Å². The second-order valence-electron chi connectivity index (χ2n) is 5.99. The van der Waals surface area contributed by atoms with Crippen molar-refractivity contribution in [2.45, 2.75) is 24.5 Å². The molecule has 6 unspecified atom stereocenters. The summed E-state index contributed by atoms with van der Waals surface area (Å²) in [6.45, 7) is -0.987. The molecule has 18 nitrogen and oxygen atoms in total. The fraction of sp³-hybridized carbons (Fsp3) is 0.500. The van der Waals surface area contributed by atoms with Gasteiger partial charge in [-0.2, -0.15) is 8.62 Å². The number of fused-ring (bicyclic) bond motifs is 1.